The molecular formula is C22H19FN2O2. The lowest BCUT2D eigenvalue weighted by molar-refractivity contribution is 0.104. The van der Waals surface area contributed by atoms with Gasteiger partial charge in [-0.2, -0.15) is 4.39 Å². The molecule has 3 heterocycles. The average Bonchev–Trinajstić information content (AvgIpc) is 2.87. The minimum Gasteiger partial charge on any atom is -0.347 e. The van der Waals surface area contributed by atoms with Crippen molar-refractivity contribution in [1.82, 2.24) is 9.55 Å². The summed E-state index contributed by atoms with van der Waals surface area (Å²) in [5.41, 5.74) is 5.73. The van der Waals surface area contributed by atoms with Gasteiger partial charge in [-0.1, -0.05) is 13.2 Å². The molecule has 0 saturated heterocycles. The first-order valence-corrected chi connectivity index (χ1v) is 8.67. The molecule has 0 N–H and O–H groups in total. The van der Waals surface area contributed by atoms with Crippen LogP contribution in [0.4, 0.5) is 4.39 Å². The predicted octanol–water partition coefficient (Wildman–Crippen LogP) is 4.19. The Morgan fingerprint density at radius 1 is 1.33 bits per heavy atom. The standard InChI is InChI=1S/C22H19FN2O2/c1-3-15(17-8-9-22(23)24-13-17)11-16-7-5-6-10-25-14-18(20(26)4-2)21(27)12-19(16)25/h4,8-9,11-14H,1-2,5-7,10H2/b16-11+. The van der Waals surface area contributed by atoms with Gasteiger partial charge in [0.2, 0.25) is 5.95 Å². The van der Waals surface area contributed by atoms with Gasteiger partial charge < -0.3 is 4.57 Å². The number of pyridine rings is 2. The van der Waals surface area contributed by atoms with Crippen molar-refractivity contribution in [3.05, 3.63) is 94.6 Å². The smallest absolute Gasteiger partial charge is 0.212 e. The molecule has 0 atom stereocenters. The molecule has 1 aliphatic rings. The highest BCUT2D eigenvalue weighted by Crippen LogP contribution is 2.28. The molecule has 5 heteroatoms. The van der Waals surface area contributed by atoms with Crippen LogP contribution in [0.15, 0.2) is 66.4 Å². The lowest BCUT2D eigenvalue weighted by Gasteiger charge is -2.13. The van der Waals surface area contributed by atoms with E-state index in [0.29, 0.717) is 11.1 Å². The van der Waals surface area contributed by atoms with E-state index in [9.17, 15) is 14.0 Å². The summed E-state index contributed by atoms with van der Waals surface area (Å²) in [6, 6.07) is 4.39. The summed E-state index contributed by atoms with van der Waals surface area (Å²) in [5, 5.41) is 0. The average molecular weight is 362 g/mol. The number of aromatic nitrogens is 2. The van der Waals surface area contributed by atoms with E-state index < -0.39 is 5.95 Å². The summed E-state index contributed by atoms with van der Waals surface area (Å²) < 4.78 is 15.0. The molecule has 0 fully saturated rings. The van der Waals surface area contributed by atoms with Gasteiger partial charge in [0.15, 0.2) is 11.2 Å². The zero-order valence-electron chi connectivity index (χ0n) is 14.9. The van der Waals surface area contributed by atoms with Gasteiger partial charge in [0.05, 0.1) is 5.56 Å². The van der Waals surface area contributed by atoms with Crippen molar-refractivity contribution in [1.29, 1.82) is 0 Å². The molecule has 0 bridgehead atoms. The van der Waals surface area contributed by atoms with E-state index in [1.165, 1.54) is 18.3 Å². The maximum Gasteiger partial charge on any atom is 0.212 e. The third kappa shape index (κ3) is 3.94. The van der Waals surface area contributed by atoms with E-state index in [4.69, 9.17) is 0 Å². The number of aryl methyl sites for hydroxylation is 1. The lowest BCUT2D eigenvalue weighted by atomic mass is 9.99. The molecule has 0 aromatic carbocycles. The topological polar surface area (TPSA) is 52.0 Å². The van der Waals surface area contributed by atoms with Crippen LogP contribution in [0.2, 0.25) is 0 Å². The Morgan fingerprint density at radius 3 is 2.81 bits per heavy atom. The molecule has 4 nitrogen and oxygen atoms in total. The van der Waals surface area contributed by atoms with Crippen LogP contribution in [0.5, 0.6) is 0 Å². The van der Waals surface area contributed by atoms with Gasteiger partial charge in [0, 0.05) is 41.8 Å². The first-order valence-electron chi connectivity index (χ1n) is 8.67. The zero-order chi connectivity index (χ0) is 19.4. The highest BCUT2D eigenvalue weighted by Gasteiger charge is 2.17. The number of fused-ring (bicyclic) bond motifs is 1. The van der Waals surface area contributed by atoms with E-state index in [1.54, 1.807) is 12.3 Å². The number of allylic oxidation sites excluding steroid dienone is 4. The first-order chi connectivity index (χ1) is 13.0. The molecule has 2 aromatic heterocycles. The van der Waals surface area contributed by atoms with Gasteiger partial charge in [-0.15, -0.1) is 5.73 Å². The number of hydrogen-bond acceptors (Lipinski definition) is 3. The Labute approximate surface area is 156 Å². The highest BCUT2D eigenvalue weighted by molar-refractivity contribution is 6.04. The molecule has 136 valence electrons. The van der Waals surface area contributed by atoms with E-state index in [0.717, 1.165) is 43.2 Å². The molecule has 0 spiro atoms. The van der Waals surface area contributed by atoms with Crippen LogP contribution < -0.4 is 5.43 Å². The van der Waals surface area contributed by atoms with Gasteiger partial charge in [0.25, 0.3) is 0 Å². The maximum absolute atomic E-state index is 13.1. The molecule has 0 aliphatic carbocycles. The molecule has 1 aliphatic heterocycles. The van der Waals surface area contributed by atoms with Gasteiger partial charge in [-0.05, 0) is 49.1 Å². The van der Waals surface area contributed by atoms with Crippen molar-refractivity contribution in [3.8, 4) is 0 Å². The zero-order valence-corrected chi connectivity index (χ0v) is 14.9. The number of ketones is 1. The largest absolute Gasteiger partial charge is 0.347 e. The van der Waals surface area contributed by atoms with Crippen molar-refractivity contribution >= 4 is 16.9 Å². The van der Waals surface area contributed by atoms with E-state index in [1.807, 2.05) is 10.6 Å². The van der Waals surface area contributed by atoms with Gasteiger partial charge in [-0.25, -0.2) is 4.98 Å². The second kappa shape index (κ2) is 7.94. The Bertz CT molecular complexity index is 1040. The van der Waals surface area contributed by atoms with Crippen molar-refractivity contribution in [2.24, 2.45) is 0 Å². The van der Waals surface area contributed by atoms with E-state index in [-0.39, 0.29) is 16.8 Å². The molecule has 3 rings (SSSR count). The summed E-state index contributed by atoms with van der Waals surface area (Å²) in [6.07, 6.45) is 8.73. The van der Waals surface area contributed by atoms with Crippen LogP contribution in [0, 0.1) is 5.95 Å². The van der Waals surface area contributed by atoms with Crippen LogP contribution in [-0.4, -0.2) is 15.3 Å². The highest BCUT2D eigenvalue weighted by atomic mass is 19.1. The van der Waals surface area contributed by atoms with Gasteiger partial charge in [0.1, 0.15) is 0 Å². The quantitative estimate of drug-likeness (QED) is 0.355. The maximum atomic E-state index is 13.1. The third-order valence-electron chi connectivity index (χ3n) is 4.55. The molecule has 2 aromatic rings. The second-order valence-corrected chi connectivity index (χ2v) is 6.29. The van der Waals surface area contributed by atoms with Crippen LogP contribution >= 0.6 is 0 Å². The van der Waals surface area contributed by atoms with Gasteiger partial charge >= 0.3 is 0 Å². The fraction of sp³-hybridized carbons (Fsp3) is 0.182. The van der Waals surface area contributed by atoms with Crippen LogP contribution in [0.25, 0.3) is 11.1 Å². The fourth-order valence-electron chi connectivity index (χ4n) is 3.15. The van der Waals surface area contributed by atoms with Crippen molar-refractivity contribution < 1.29 is 9.18 Å². The summed E-state index contributed by atoms with van der Waals surface area (Å²) in [5.74, 6) is -0.935. The molecule has 0 saturated carbocycles. The van der Waals surface area contributed by atoms with Crippen LogP contribution in [0.3, 0.4) is 0 Å². The number of hydrogen-bond donors (Lipinski definition) is 0. The Morgan fingerprint density at radius 2 is 2.15 bits per heavy atom. The molecule has 0 amide bonds. The Kier molecular flexibility index (Phi) is 5.43. The monoisotopic (exact) mass is 362 g/mol. The van der Waals surface area contributed by atoms with Gasteiger partial charge in [-0.3, -0.25) is 9.59 Å². The Hall–Kier alpha value is -3.30. The predicted molar refractivity (Wildman–Crippen MR) is 104 cm³/mol. The Balaban J connectivity index is 2.11. The summed E-state index contributed by atoms with van der Waals surface area (Å²) in [7, 11) is 0. The van der Waals surface area contributed by atoms with Crippen LogP contribution in [-0.2, 0) is 6.54 Å². The normalized spacial score (nSPS) is 14.8. The number of carbonyl (C=O) groups is 1. The number of rotatable bonds is 4. The minimum atomic E-state index is -0.555. The number of carbonyl (C=O) groups excluding carboxylic acids is 1. The van der Waals surface area contributed by atoms with E-state index in [2.05, 4.69) is 23.9 Å². The second-order valence-electron chi connectivity index (χ2n) is 6.29. The summed E-state index contributed by atoms with van der Waals surface area (Å²) in [4.78, 5) is 28.0. The van der Waals surface area contributed by atoms with Crippen molar-refractivity contribution in [2.75, 3.05) is 0 Å². The summed E-state index contributed by atoms with van der Waals surface area (Å²) in [6.45, 7) is 7.89. The number of nitrogens with zero attached hydrogens (tertiary/aromatic N) is 2. The molecular weight excluding hydrogens is 343 g/mol. The molecule has 0 unspecified atom stereocenters. The van der Waals surface area contributed by atoms with Crippen molar-refractivity contribution in [2.45, 2.75) is 25.8 Å². The molecule has 0 radical (unpaired) electrons. The fourth-order valence-corrected chi connectivity index (χ4v) is 3.15. The molecule has 27 heavy (non-hydrogen) atoms. The van der Waals surface area contributed by atoms with E-state index >= 15 is 0 Å². The summed E-state index contributed by atoms with van der Waals surface area (Å²) >= 11 is 0. The van der Waals surface area contributed by atoms with Crippen LogP contribution in [0.1, 0.15) is 40.9 Å². The minimum absolute atomic E-state index is 0.122. The van der Waals surface area contributed by atoms with Crippen molar-refractivity contribution in [3.63, 3.8) is 0 Å². The number of halogens is 1. The first kappa shape index (κ1) is 18.5. The lowest BCUT2D eigenvalue weighted by Crippen LogP contribution is -2.18. The SMILES string of the molecule is C=C=C(/C=C1\CCCCn2cc(C(=O)C=C)c(=O)cc21)c1ccc(F)nc1. The third-order valence-corrected chi connectivity index (χ3v) is 4.55.